The van der Waals surface area contributed by atoms with Crippen LogP contribution in [0.4, 0.5) is 0 Å². The van der Waals surface area contributed by atoms with Gasteiger partial charge in [-0.2, -0.15) is 0 Å². The van der Waals surface area contributed by atoms with Gasteiger partial charge in [0.15, 0.2) is 11.5 Å². The minimum absolute atomic E-state index is 0.0116. The first-order valence-corrected chi connectivity index (χ1v) is 12.1. The Hall–Kier alpha value is -3.27. The van der Waals surface area contributed by atoms with E-state index in [9.17, 15) is 4.79 Å². The van der Waals surface area contributed by atoms with Crippen molar-refractivity contribution in [3.63, 3.8) is 0 Å². The van der Waals surface area contributed by atoms with E-state index in [0.717, 1.165) is 41.9 Å². The summed E-state index contributed by atoms with van der Waals surface area (Å²) < 4.78 is 11.6. The predicted molar refractivity (Wildman–Crippen MR) is 133 cm³/mol. The summed E-state index contributed by atoms with van der Waals surface area (Å²) >= 11 is 0. The van der Waals surface area contributed by atoms with Crippen LogP contribution in [0.1, 0.15) is 61.4 Å². The normalized spacial score (nSPS) is 17.9. The van der Waals surface area contributed by atoms with Gasteiger partial charge in [0.05, 0.1) is 13.2 Å². The second-order valence-corrected chi connectivity index (χ2v) is 8.49. The van der Waals surface area contributed by atoms with Crippen LogP contribution >= 0.6 is 0 Å². The van der Waals surface area contributed by atoms with Crippen LogP contribution in [-0.2, 0) is 0 Å². The molecular weight excluding hydrogens is 410 g/mol. The van der Waals surface area contributed by atoms with Crippen LogP contribution in [0.5, 0.6) is 11.5 Å². The molecule has 33 heavy (non-hydrogen) atoms. The fourth-order valence-electron chi connectivity index (χ4n) is 4.70. The Kier molecular flexibility index (Phi) is 7.66. The molecule has 1 aliphatic carbocycles. The fraction of sp³-hybridized carbons (Fsp3) is 0.345. The van der Waals surface area contributed by atoms with Gasteiger partial charge in [-0.05, 0) is 67.6 Å². The summed E-state index contributed by atoms with van der Waals surface area (Å²) in [5.74, 6) is 1.81. The zero-order valence-electron chi connectivity index (χ0n) is 19.6. The topological polar surface area (TPSA) is 47.6 Å². The van der Waals surface area contributed by atoms with Crippen molar-refractivity contribution in [2.75, 3.05) is 13.2 Å². The van der Waals surface area contributed by atoms with Gasteiger partial charge in [-0.15, -0.1) is 0 Å². The molecule has 1 aliphatic rings. The molecule has 0 saturated heterocycles. The van der Waals surface area contributed by atoms with Gasteiger partial charge in [0.2, 0.25) is 0 Å². The fourth-order valence-corrected chi connectivity index (χ4v) is 4.70. The van der Waals surface area contributed by atoms with E-state index in [1.807, 2.05) is 62.4 Å². The maximum absolute atomic E-state index is 13.1. The molecular formula is C29H33NO3. The molecule has 0 radical (unpaired) electrons. The van der Waals surface area contributed by atoms with Gasteiger partial charge >= 0.3 is 0 Å². The molecule has 0 heterocycles. The lowest BCUT2D eigenvalue weighted by Gasteiger charge is -2.33. The molecule has 4 rings (SSSR count). The number of rotatable bonds is 8. The molecule has 1 N–H and O–H groups in total. The monoisotopic (exact) mass is 443 g/mol. The van der Waals surface area contributed by atoms with Crippen LogP contribution < -0.4 is 14.8 Å². The van der Waals surface area contributed by atoms with Crippen LogP contribution in [0.2, 0.25) is 0 Å². The maximum atomic E-state index is 13.1. The summed E-state index contributed by atoms with van der Waals surface area (Å²) in [5.41, 5.74) is 4.16. The van der Waals surface area contributed by atoms with E-state index in [1.54, 1.807) is 0 Å². The number of ether oxygens (including phenoxy) is 2. The Morgan fingerprint density at radius 1 is 0.818 bits per heavy atom. The quantitative estimate of drug-likeness (QED) is 0.426. The lowest BCUT2D eigenvalue weighted by atomic mass is 9.79. The van der Waals surface area contributed by atoms with E-state index in [0.29, 0.717) is 18.8 Å². The smallest absolute Gasteiger partial charge is 0.251 e. The number of benzene rings is 3. The summed E-state index contributed by atoms with van der Waals surface area (Å²) in [4.78, 5) is 13.1. The molecule has 1 saturated carbocycles. The zero-order valence-corrected chi connectivity index (χ0v) is 19.6. The van der Waals surface area contributed by atoms with Crippen molar-refractivity contribution in [3.05, 3.63) is 83.9 Å². The van der Waals surface area contributed by atoms with Gasteiger partial charge in [-0.1, -0.05) is 61.4 Å². The van der Waals surface area contributed by atoms with Gasteiger partial charge in [0, 0.05) is 17.5 Å². The van der Waals surface area contributed by atoms with Crippen LogP contribution in [0.3, 0.4) is 0 Å². The second-order valence-electron chi connectivity index (χ2n) is 8.49. The molecule has 172 valence electrons. The zero-order chi connectivity index (χ0) is 23.0. The highest BCUT2D eigenvalue weighted by molar-refractivity contribution is 5.95. The van der Waals surface area contributed by atoms with Gasteiger partial charge in [0.1, 0.15) is 0 Å². The second kappa shape index (κ2) is 11.0. The van der Waals surface area contributed by atoms with Crippen LogP contribution in [-0.4, -0.2) is 25.2 Å². The van der Waals surface area contributed by atoms with Crippen molar-refractivity contribution >= 4 is 5.91 Å². The number of nitrogens with one attached hydrogen (secondary N) is 1. The summed E-state index contributed by atoms with van der Waals surface area (Å²) in [6.07, 6.45) is 4.33. The average molecular weight is 444 g/mol. The van der Waals surface area contributed by atoms with E-state index in [4.69, 9.17) is 9.47 Å². The molecule has 1 amide bonds. The molecule has 3 aromatic carbocycles. The highest BCUT2D eigenvalue weighted by Gasteiger charge is 2.29. The van der Waals surface area contributed by atoms with Crippen LogP contribution in [0, 0.1) is 0 Å². The Morgan fingerprint density at radius 2 is 1.48 bits per heavy atom. The van der Waals surface area contributed by atoms with Crippen molar-refractivity contribution in [1.29, 1.82) is 0 Å². The lowest BCUT2D eigenvalue weighted by molar-refractivity contribution is 0.0920. The van der Waals surface area contributed by atoms with E-state index in [-0.39, 0.29) is 17.9 Å². The third kappa shape index (κ3) is 5.57. The SMILES string of the molecule is CCOc1ccc([C@H]2CCCC[C@H]2NC(=O)c2ccc(-c3ccccc3)cc2)cc1OCC. The van der Waals surface area contributed by atoms with Crippen molar-refractivity contribution in [3.8, 4) is 22.6 Å². The number of carbonyl (C=O) groups is 1. The molecule has 0 unspecified atom stereocenters. The Balaban J connectivity index is 1.49. The van der Waals surface area contributed by atoms with E-state index >= 15 is 0 Å². The molecule has 0 aliphatic heterocycles. The molecule has 1 fully saturated rings. The molecule has 0 spiro atoms. The average Bonchev–Trinajstić information content (AvgIpc) is 2.86. The molecule has 3 aromatic rings. The molecule has 0 bridgehead atoms. The number of carbonyl (C=O) groups excluding carboxylic acids is 1. The highest BCUT2D eigenvalue weighted by atomic mass is 16.5. The van der Waals surface area contributed by atoms with Gasteiger partial charge < -0.3 is 14.8 Å². The van der Waals surface area contributed by atoms with E-state index in [2.05, 4.69) is 29.6 Å². The number of hydrogen-bond donors (Lipinski definition) is 1. The maximum Gasteiger partial charge on any atom is 0.251 e. The summed E-state index contributed by atoms with van der Waals surface area (Å²) in [6.45, 7) is 5.15. The van der Waals surface area contributed by atoms with Gasteiger partial charge in [0.25, 0.3) is 5.91 Å². The highest BCUT2D eigenvalue weighted by Crippen LogP contribution is 2.38. The first-order chi connectivity index (χ1) is 16.2. The summed E-state index contributed by atoms with van der Waals surface area (Å²) in [5, 5.41) is 3.32. The largest absolute Gasteiger partial charge is 0.490 e. The first-order valence-electron chi connectivity index (χ1n) is 12.1. The van der Waals surface area contributed by atoms with Gasteiger partial charge in [-0.3, -0.25) is 4.79 Å². The predicted octanol–water partition coefficient (Wildman–Crippen LogP) is 6.61. The van der Waals surface area contributed by atoms with Crippen molar-refractivity contribution in [2.24, 2.45) is 0 Å². The van der Waals surface area contributed by atoms with Crippen molar-refractivity contribution < 1.29 is 14.3 Å². The number of hydrogen-bond acceptors (Lipinski definition) is 3. The van der Waals surface area contributed by atoms with Crippen molar-refractivity contribution in [1.82, 2.24) is 5.32 Å². The Morgan fingerprint density at radius 3 is 2.21 bits per heavy atom. The van der Waals surface area contributed by atoms with E-state index < -0.39 is 0 Å². The van der Waals surface area contributed by atoms with Gasteiger partial charge in [-0.25, -0.2) is 0 Å². The molecule has 4 heteroatoms. The Bertz CT molecular complexity index is 1050. The number of amides is 1. The minimum Gasteiger partial charge on any atom is -0.490 e. The molecule has 0 aromatic heterocycles. The summed E-state index contributed by atoms with van der Waals surface area (Å²) in [6, 6.07) is 24.4. The lowest BCUT2D eigenvalue weighted by Crippen LogP contribution is -2.41. The molecule has 4 nitrogen and oxygen atoms in total. The van der Waals surface area contributed by atoms with E-state index in [1.165, 1.54) is 12.0 Å². The molecule has 2 atom stereocenters. The first kappa shape index (κ1) is 22.9. The summed E-state index contributed by atoms with van der Waals surface area (Å²) in [7, 11) is 0. The standard InChI is InChI=1S/C29H33NO3/c1-3-32-27-19-18-24(20-28(27)33-4-2)25-12-8-9-13-26(25)30-29(31)23-16-14-22(15-17-23)21-10-6-5-7-11-21/h5-7,10-11,14-20,25-26H,3-4,8-9,12-13H2,1-2H3,(H,30,31)/t25-,26-/m1/s1. The van der Waals surface area contributed by atoms with Crippen LogP contribution in [0.25, 0.3) is 11.1 Å². The Labute approximate surface area is 196 Å². The van der Waals surface area contributed by atoms with Crippen molar-refractivity contribution in [2.45, 2.75) is 51.5 Å². The third-order valence-electron chi connectivity index (χ3n) is 6.33. The third-order valence-corrected chi connectivity index (χ3v) is 6.33. The van der Waals surface area contributed by atoms with Crippen LogP contribution in [0.15, 0.2) is 72.8 Å². The minimum atomic E-state index is -0.0116.